The first kappa shape index (κ1) is 25.9. The number of unbranched alkanes of at least 4 members (excludes halogenated alkanes) is 7. The molecule has 0 aromatic rings. The first-order valence-electron chi connectivity index (χ1n) is 11.4. The molecule has 4 heteroatoms. The summed E-state index contributed by atoms with van der Waals surface area (Å²) in [5, 5.41) is 17.8. The minimum atomic E-state index is -1.24. The molecule has 0 unspecified atom stereocenters. The lowest BCUT2D eigenvalue weighted by atomic mass is 9.71. The normalized spacial score (nSPS) is 11.9. The zero-order chi connectivity index (χ0) is 20.5. The highest BCUT2D eigenvalue weighted by atomic mass is 16.4. The van der Waals surface area contributed by atoms with Gasteiger partial charge in [0.15, 0.2) is 5.92 Å². The predicted molar refractivity (Wildman–Crippen MR) is 112 cm³/mol. The SMILES string of the molecule is CCCCC(CCCC)(CCCC)CCCCCCCC(C(=O)O)C(=O)O. The third-order valence-electron chi connectivity index (χ3n) is 5.98. The smallest absolute Gasteiger partial charge is 0.317 e. The molecule has 0 aliphatic carbocycles. The molecule has 0 spiro atoms. The monoisotopic (exact) mass is 384 g/mol. The molecule has 0 saturated heterocycles. The minimum absolute atomic E-state index is 0.248. The molecule has 0 atom stereocenters. The maximum atomic E-state index is 10.9. The Kier molecular flexibility index (Phi) is 15.3. The minimum Gasteiger partial charge on any atom is -0.481 e. The van der Waals surface area contributed by atoms with E-state index in [-0.39, 0.29) is 6.42 Å². The molecule has 0 amide bonds. The molecule has 0 aromatic carbocycles. The standard InChI is InChI=1S/C23H44O4/c1-4-7-16-23(17-8-5-2,18-9-6-3)19-14-12-10-11-13-15-20(21(24)25)22(26)27/h20H,4-19H2,1-3H3,(H,24,25)(H,26,27). The van der Waals surface area contributed by atoms with E-state index in [4.69, 9.17) is 10.2 Å². The number of aliphatic carboxylic acids is 2. The highest BCUT2D eigenvalue weighted by molar-refractivity contribution is 5.92. The maximum Gasteiger partial charge on any atom is 0.317 e. The van der Waals surface area contributed by atoms with Gasteiger partial charge in [-0.2, -0.15) is 0 Å². The predicted octanol–water partition coefficient (Wildman–Crippen LogP) is 7.06. The maximum absolute atomic E-state index is 10.9. The van der Waals surface area contributed by atoms with Gasteiger partial charge in [0.05, 0.1) is 0 Å². The van der Waals surface area contributed by atoms with Gasteiger partial charge in [0.2, 0.25) is 0 Å². The fourth-order valence-electron chi connectivity index (χ4n) is 4.14. The molecular weight excluding hydrogens is 340 g/mol. The van der Waals surface area contributed by atoms with Crippen LogP contribution in [0.15, 0.2) is 0 Å². The van der Waals surface area contributed by atoms with Crippen molar-refractivity contribution in [3.8, 4) is 0 Å². The summed E-state index contributed by atoms with van der Waals surface area (Å²) in [6.45, 7) is 6.85. The highest BCUT2D eigenvalue weighted by Crippen LogP contribution is 2.41. The molecule has 0 rings (SSSR count). The molecule has 0 aliphatic heterocycles. The van der Waals surface area contributed by atoms with Crippen molar-refractivity contribution in [2.45, 2.75) is 124 Å². The van der Waals surface area contributed by atoms with Gasteiger partial charge in [-0.25, -0.2) is 0 Å². The largest absolute Gasteiger partial charge is 0.481 e. The van der Waals surface area contributed by atoms with Crippen LogP contribution in [0.2, 0.25) is 0 Å². The summed E-state index contributed by atoms with van der Waals surface area (Å²) >= 11 is 0. The van der Waals surface area contributed by atoms with E-state index in [1.807, 2.05) is 0 Å². The van der Waals surface area contributed by atoms with Gasteiger partial charge in [-0.3, -0.25) is 9.59 Å². The molecule has 27 heavy (non-hydrogen) atoms. The molecule has 0 heterocycles. The first-order chi connectivity index (χ1) is 12.9. The number of rotatable bonds is 19. The van der Waals surface area contributed by atoms with Crippen molar-refractivity contribution < 1.29 is 19.8 Å². The molecule has 0 bridgehead atoms. The molecule has 160 valence electrons. The van der Waals surface area contributed by atoms with E-state index in [0.29, 0.717) is 11.8 Å². The second-order valence-electron chi connectivity index (χ2n) is 8.35. The van der Waals surface area contributed by atoms with E-state index in [1.165, 1.54) is 77.0 Å². The van der Waals surface area contributed by atoms with Crippen LogP contribution in [0.3, 0.4) is 0 Å². The van der Waals surface area contributed by atoms with Gasteiger partial charge in [-0.05, 0) is 37.5 Å². The lowest BCUT2D eigenvalue weighted by molar-refractivity contribution is -0.154. The number of carboxylic acids is 2. The van der Waals surface area contributed by atoms with Gasteiger partial charge < -0.3 is 10.2 Å². The van der Waals surface area contributed by atoms with Gasteiger partial charge in [0, 0.05) is 0 Å². The van der Waals surface area contributed by atoms with Crippen molar-refractivity contribution in [3.05, 3.63) is 0 Å². The summed E-state index contributed by atoms with van der Waals surface area (Å²) in [5.74, 6) is -3.67. The van der Waals surface area contributed by atoms with Gasteiger partial charge in [0.1, 0.15) is 0 Å². The molecular formula is C23H44O4. The Morgan fingerprint density at radius 2 is 1.00 bits per heavy atom. The third kappa shape index (κ3) is 12.1. The van der Waals surface area contributed by atoms with E-state index >= 15 is 0 Å². The zero-order valence-corrected chi connectivity index (χ0v) is 18.1. The van der Waals surface area contributed by atoms with Crippen LogP contribution in [-0.4, -0.2) is 22.2 Å². The van der Waals surface area contributed by atoms with Crippen molar-refractivity contribution in [1.29, 1.82) is 0 Å². The average Bonchev–Trinajstić information content (AvgIpc) is 2.64. The van der Waals surface area contributed by atoms with Crippen molar-refractivity contribution in [1.82, 2.24) is 0 Å². The van der Waals surface area contributed by atoms with Gasteiger partial charge in [0.25, 0.3) is 0 Å². The topological polar surface area (TPSA) is 74.6 Å². The van der Waals surface area contributed by atoms with Crippen molar-refractivity contribution in [2.75, 3.05) is 0 Å². The highest BCUT2D eigenvalue weighted by Gasteiger charge is 2.28. The Bertz CT molecular complexity index is 356. The summed E-state index contributed by atoms with van der Waals surface area (Å²) in [6.07, 6.45) is 18.6. The van der Waals surface area contributed by atoms with Gasteiger partial charge in [-0.15, -0.1) is 0 Å². The summed E-state index contributed by atoms with van der Waals surface area (Å²) in [4.78, 5) is 21.8. The first-order valence-corrected chi connectivity index (χ1v) is 11.4. The fraction of sp³-hybridized carbons (Fsp3) is 0.913. The number of carboxylic acid groups (broad SMARTS) is 2. The molecule has 4 nitrogen and oxygen atoms in total. The molecule has 2 N–H and O–H groups in total. The molecule has 0 radical (unpaired) electrons. The third-order valence-corrected chi connectivity index (χ3v) is 5.98. The van der Waals surface area contributed by atoms with Crippen molar-refractivity contribution >= 4 is 11.9 Å². The van der Waals surface area contributed by atoms with Crippen LogP contribution >= 0.6 is 0 Å². The van der Waals surface area contributed by atoms with Crippen LogP contribution < -0.4 is 0 Å². The van der Waals surface area contributed by atoms with E-state index in [1.54, 1.807) is 0 Å². The van der Waals surface area contributed by atoms with Crippen molar-refractivity contribution in [3.63, 3.8) is 0 Å². The van der Waals surface area contributed by atoms with Gasteiger partial charge >= 0.3 is 11.9 Å². The Morgan fingerprint density at radius 3 is 1.41 bits per heavy atom. The Morgan fingerprint density at radius 1 is 0.630 bits per heavy atom. The quantitative estimate of drug-likeness (QED) is 0.185. The number of carbonyl (C=O) groups is 2. The lowest BCUT2D eigenvalue weighted by Gasteiger charge is -2.35. The summed E-state index contributed by atoms with van der Waals surface area (Å²) in [7, 11) is 0. The van der Waals surface area contributed by atoms with Crippen LogP contribution in [0.25, 0.3) is 0 Å². The van der Waals surface area contributed by atoms with Crippen LogP contribution in [0, 0.1) is 11.3 Å². The van der Waals surface area contributed by atoms with Crippen LogP contribution in [0.1, 0.15) is 124 Å². The van der Waals surface area contributed by atoms with Crippen molar-refractivity contribution in [2.24, 2.45) is 11.3 Å². The van der Waals surface area contributed by atoms with E-state index in [2.05, 4.69) is 20.8 Å². The summed E-state index contributed by atoms with van der Waals surface area (Å²) in [5.41, 5.74) is 0.528. The zero-order valence-electron chi connectivity index (χ0n) is 18.1. The molecule has 0 saturated carbocycles. The molecule has 0 aliphatic rings. The Hall–Kier alpha value is -1.06. The van der Waals surface area contributed by atoms with E-state index in [9.17, 15) is 9.59 Å². The average molecular weight is 385 g/mol. The second-order valence-corrected chi connectivity index (χ2v) is 8.35. The van der Waals surface area contributed by atoms with Gasteiger partial charge in [-0.1, -0.05) is 91.4 Å². The van der Waals surface area contributed by atoms with Crippen LogP contribution in [-0.2, 0) is 9.59 Å². The number of hydrogen-bond acceptors (Lipinski definition) is 2. The fourth-order valence-corrected chi connectivity index (χ4v) is 4.14. The Labute approximate surface area is 167 Å². The molecule has 0 aromatic heterocycles. The summed E-state index contributed by atoms with van der Waals surface area (Å²) in [6, 6.07) is 0. The van der Waals surface area contributed by atoms with E-state index in [0.717, 1.165) is 12.8 Å². The lowest BCUT2D eigenvalue weighted by Crippen LogP contribution is -2.23. The second kappa shape index (κ2) is 15.9. The van der Waals surface area contributed by atoms with Crippen LogP contribution in [0.5, 0.6) is 0 Å². The number of hydrogen-bond donors (Lipinski definition) is 2. The van der Waals surface area contributed by atoms with Crippen LogP contribution in [0.4, 0.5) is 0 Å². The Balaban J connectivity index is 4.29. The summed E-state index contributed by atoms with van der Waals surface area (Å²) < 4.78 is 0. The van der Waals surface area contributed by atoms with E-state index < -0.39 is 17.9 Å². The molecule has 0 fully saturated rings.